The Bertz CT molecular complexity index is 1380. The number of fused-ring (bicyclic) bond motifs is 1. The zero-order valence-electron chi connectivity index (χ0n) is 16.9. The summed E-state index contributed by atoms with van der Waals surface area (Å²) in [5, 5.41) is 2.75. The largest absolute Gasteiger partial charge is 0.322 e. The summed E-state index contributed by atoms with van der Waals surface area (Å²) in [6.07, 6.45) is 2.69. The van der Waals surface area contributed by atoms with Crippen molar-refractivity contribution < 1.29 is 13.2 Å². The average Bonchev–Trinajstić information content (AvgIpc) is 2.76. The second-order valence-corrected chi connectivity index (χ2v) is 9.50. The van der Waals surface area contributed by atoms with Gasteiger partial charge in [0.2, 0.25) is 10.0 Å². The van der Waals surface area contributed by atoms with Crippen LogP contribution in [-0.2, 0) is 10.0 Å². The second kappa shape index (κ2) is 8.12. The Balaban J connectivity index is 1.63. The lowest BCUT2D eigenvalue weighted by atomic mass is 10.1. The van der Waals surface area contributed by atoms with Gasteiger partial charge in [-0.3, -0.25) is 14.4 Å². The number of H-pyrrole nitrogens is 2. The quantitative estimate of drug-likeness (QED) is 0.531. The molecule has 0 spiro atoms. The van der Waals surface area contributed by atoms with E-state index in [9.17, 15) is 22.8 Å². The number of sulfonamides is 1. The molecule has 1 aromatic heterocycles. The average molecular weight is 442 g/mol. The van der Waals surface area contributed by atoms with E-state index in [-0.39, 0.29) is 10.5 Å². The summed E-state index contributed by atoms with van der Waals surface area (Å²) in [5.74, 6) is -0.468. The third kappa shape index (κ3) is 4.17. The molecule has 162 valence electrons. The summed E-state index contributed by atoms with van der Waals surface area (Å²) >= 11 is 0. The minimum Gasteiger partial charge on any atom is -0.322 e. The predicted molar refractivity (Wildman–Crippen MR) is 117 cm³/mol. The lowest BCUT2D eigenvalue weighted by molar-refractivity contribution is 0.102. The summed E-state index contributed by atoms with van der Waals surface area (Å²) in [6.45, 7) is 2.76. The minimum atomic E-state index is -3.63. The van der Waals surface area contributed by atoms with Crippen LogP contribution in [0.15, 0.2) is 50.9 Å². The maximum Gasteiger partial charge on any atom is 0.314 e. The van der Waals surface area contributed by atoms with Crippen molar-refractivity contribution in [2.75, 3.05) is 18.4 Å². The van der Waals surface area contributed by atoms with Gasteiger partial charge in [-0.2, -0.15) is 4.31 Å². The van der Waals surface area contributed by atoms with Crippen LogP contribution >= 0.6 is 0 Å². The number of carbonyl (C=O) groups is 1. The zero-order valence-corrected chi connectivity index (χ0v) is 17.7. The van der Waals surface area contributed by atoms with Gasteiger partial charge in [0, 0.05) is 24.3 Å². The number of piperidine rings is 1. The molecule has 10 heteroatoms. The molecule has 1 saturated heterocycles. The standard InChI is InChI=1S/C21H22N4O5S/c1-13-5-7-15(31(29,30)25-9-3-2-4-10-25)12-17(13)23-19(26)14-6-8-16-18(11-14)24-21(28)20(27)22-16/h5-8,11-12H,2-4,9-10H2,1H3,(H,22,27)(H,23,26)(H,24,28). The predicted octanol–water partition coefficient (Wildman–Crippen LogP) is 1.95. The van der Waals surface area contributed by atoms with Crippen molar-refractivity contribution in [2.45, 2.75) is 31.1 Å². The number of anilines is 1. The number of nitrogens with one attached hydrogen (secondary N) is 3. The van der Waals surface area contributed by atoms with Crippen molar-refractivity contribution in [3.8, 4) is 0 Å². The fourth-order valence-electron chi connectivity index (χ4n) is 3.60. The normalized spacial score (nSPS) is 15.1. The third-order valence-electron chi connectivity index (χ3n) is 5.39. The van der Waals surface area contributed by atoms with Gasteiger partial charge in [-0.25, -0.2) is 8.42 Å². The van der Waals surface area contributed by atoms with Crippen molar-refractivity contribution in [2.24, 2.45) is 0 Å². The first kappa shape index (κ1) is 21.0. The Morgan fingerprint density at radius 3 is 2.32 bits per heavy atom. The molecule has 1 fully saturated rings. The molecule has 0 unspecified atom stereocenters. The highest BCUT2D eigenvalue weighted by atomic mass is 32.2. The molecular weight excluding hydrogens is 420 g/mol. The fraction of sp³-hybridized carbons (Fsp3) is 0.286. The molecule has 9 nitrogen and oxygen atoms in total. The molecule has 0 bridgehead atoms. The van der Waals surface area contributed by atoms with E-state index in [1.165, 1.54) is 28.6 Å². The van der Waals surface area contributed by atoms with E-state index in [2.05, 4.69) is 15.3 Å². The van der Waals surface area contributed by atoms with E-state index in [0.717, 1.165) is 19.3 Å². The molecule has 1 amide bonds. The minimum absolute atomic E-state index is 0.135. The summed E-state index contributed by atoms with van der Waals surface area (Å²) in [6, 6.07) is 9.16. The highest BCUT2D eigenvalue weighted by Crippen LogP contribution is 2.25. The van der Waals surface area contributed by atoms with Gasteiger partial charge >= 0.3 is 11.1 Å². The van der Waals surface area contributed by atoms with Gasteiger partial charge in [0.25, 0.3) is 5.91 Å². The first-order chi connectivity index (χ1) is 14.8. The Labute approximate surface area is 178 Å². The molecule has 0 aliphatic carbocycles. The summed E-state index contributed by atoms with van der Waals surface area (Å²) < 4.78 is 27.4. The number of aryl methyl sites for hydroxylation is 1. The van der Waals surface area contributed by atoms with Crippen LogP contribution < -0.4 is 16.4 Å². The maximum absolute atomic E-state index is 13.0. The SMILES string of the molecule is Cc1ccc(S(=O)(=O)N2CCCCC2)cc1NC(=O)c1ccc2[nH]c(=O)c(=O)[nH]c2c1. The number of hydrogen-bond donors (Lipinski definition) is 3. The highest BCUT2D eigenvalue weighted by Gasteiger charge is 2.26. The van der Waals surface area contributed by atoms with Crippen LogP contribution in [0.4, 0.5) is 5.69 Å². The van der Waals surface area contributed by atoms with E-state index in [1.807, 2.05) is 0 Å². The van der Waals surface area contributed by atoms with Gasteiger partial charge in [-0.15, -0.1) is 0 Å². The number of hydrogen-bond acceptors (Lipinski definition) is 5. The molecule has 2 aromatic carbocycles. The molecule has 4 rings (SSSR count). The Hall–Kier alpha value is -3.24. The molecule has 31 heavy (non-hydrogen) atoms. The van der Waals surface area contributed by atoms with E-state index >= 15 is 0 Å². The van der Waals surface area contributed by atoms with E-state index < -0.39 is 27.0 Å². The van der Waals surface area contributed by atoms with Crippen LogP contribution in [-0.4, -0.2) is 41.7 Å². The summed E-state index contributed by atoms with van der Waals surface area (Å²) in [4.78, 5) is 40.8. The monoisotopic (exact) mass is 442 g/mol. The lowest BCUT2D eigenvalue weighted by Crippen LogP contribution is -2.35. The van der Waals surface area contributed by atoms with Gasteiger partial charge in [0.05, 0.1) is 15.9 Å². The third-order valence-corrected chi connectivity index (χ3v) is 7.29. The number of nitrogens with zero attached hydrogens (tertiary/aromatic N) is 1. The Kier molecular flexibility index (Phi) is 5.50. The molecule has 1 aliphatic heterocycles. The summed E-state index contributed by atoms with van der Waals surface area (Å²) in [7, 11) is -3.63. The Morgan fingerprint density at radius 1 is 0.935 bits per heavy atom. The van der Waals surface area contributed by atoms with Crippen molar-refractivity contribution in [3.05, 3.63) is 68.2 Å². The number of carbonyl (C=O) groups excluding carboxylic acids is 1. The zero-order chi connectivity index (χ0) is 22.2. The van der Waals surface area contributed by atoms with Gasteiger partial charge < -0.3 is 15.3 Å². The molecule has 1 aliphatic rings. The number of aromatic amines is 2. The first-order valence-corrected chi connectivity index (χ1v) is 11.4. The van der Waals surface area contributed by atoms with Crippen LogP contribution in [0.3, 0.4) is 0 Å². The number of rotatable bonds is 4. The number of benzene rings is 2. The molecular formula is C21H22N4O5S. The topological polar surface area (TPSA) is 132 Å². The van der Waals surface area contributed by atoms with Gasteiger partial charge in [-0.1, -0.05) is 12.5 Å². The van der Waals surface area contributed by atoms with Crippen molar-refractivity contribution >= 4 is 32.7 Å². The van der Waals surface area contributed by atoms with E-state index in [4.69, 9.17) is 0 Å². The van der Waals surface area contributed by atoms with Crippen molar-refractivity contribution in [1.82, 2.24) is 14.3 Å². The van der Waals surface area contributed by atoms with Crippen LogP contribution in [0.25, 0.3) is 11.0 Å². The Morgan fingerprint density at radius 2 is 1.61 bits per heavy atom. The van der Waals surface area contributed by atoms with Crippen LogP contribution in [0, 0.1) is 6.92 Å². The van der Waals surface area contributed by atoms with Crippen LogP contribution in [0.2, 0.25) is 0 Å². The number of amides is 1. The maximum atomic E-state index is 13.0. The first-order valence-electron chi connectivity index (χ1n) is 9.94. The molecule has 3 aromatic rings. The smallest absolute Gasteiger partial charge is 0.314 e. The number of aromatic nitrogens is 2. The van der Waals surface area contributed by atoms with E-state index in [1.54, 1.807) is 19.1 Å². The van der Waals surface area contributed by atoms with E-state index in [0.29, 0.717) is 35.4 Å². The fourth-order valence-corrected chi connectivity index (χ4v) is 5.14. The van der Waals surface area contributed by atoms with Crippen molar-refractivity contribution in [3.63, 3.8) is 0 Å². The highest BCUT2D eigenvalue weighted by molar-refractivity contribution is 7.89. The lowest BCUT2D eigenvalue weighted by Gasteiger charge is -2.26. The molecule has 3 N–H and O–H groups in total. The molecule has 0 saturated carbocycles. The summed E-state index contributed by atoms with van der Waals surface area (Å²) in [5.41, 5.74) is 0.479. The van der Waals surface area contributed by atoms with Gasteiger partial charge in [0.15, 0.2) is 0 Å². The van der Waals surface area contributed by atoms with Gasteiger partial charge in [-0.05, 0) is 55.7 Å². The van der Waals surface area contributed by atoms with Crippen LogP contribution in [0.1, 0.15) is 35.2 Å². The van der Waals surface area contributed by atoms with Crippen LogP contribution in [0.5, 0.6) is 0 Å². The molecule has 0 atom stereocenters. The second-order valence-electron chi connectivity index (χ2n) is 7.56. The molecule has 2 heterocycles. The van der Waals surface area contributed by atoms with Gasteiger partial charge in [0.1, 0.15) is 0 Å². The van der Waals surface area contributed by atoms with Crippen molar-refractivity contribution in [1.29, 1.82) is 0 Å². The molecule has 0 radical (unpaired) electrons.